The Morgan fingerprint density at radius 2 is 1.77 bits per heavy atom. The number of nitrogens with two attached hydrogens (primary N) is 1. The van der Waals surface area contributed by atoms with Crippen molar-refractivity contribution in [1.82, 2.24) is 25.0 Å². The molecule has 4 saturated heterocycles. The molecular weight excluding hydrogens is 560 g/mol. The van der Waals surface area contributed by atoms with Gasteiger partial charge in [0.2, 0.25) is 11.8 Å². The molecule has 5 heterocycles. The number of hydrogen-bond donors (Lipinski definition) is 3. The predicted octanol–water partition coefficient (Wildman–Crippen LogP) is 1.72. The lowest BCUT2D eigenvalue weighted by molar-refractivity contribution is -0.137. The molecule has 0 spiro atoms. The van der Waals surface area contributed by atoms with Crippen molar-refractivity contribution in [3.05, 3.63) is 23.1 Å². The van der Waals surface area contributed by atoms with Gasteiger partial charge in [0.1, 0.15) is 17.8 Å². The van der Waals surface area contributed by atoms with Gasteiger partial charge in [0.05, 0.1) is 24.2 Å². The number of pyridine rings is 1. The lowest BCUT2D eigenvalue weighted by atomic mass is 9.93. The molecule has 0 aliphatic carbocycles. The van der Waals surface area contributed by atoms with E-state index in [4.69, 9.17) is 5.73 Å². The Labute approximate surface area is 251 Å². The number of carbonyl (C=O) groups is 2. The highest BCUT2D eigenvalue weighted by atomic mass is 19.1. The maximum absolute atomic E-state index is 15.2. The van der Waals surface area contributed by atoms with E-state index in [-0.39, 0.29) is 36.3 Å². The first-order chi connectivity index (χ1) is 20.8. The van der Waals surface area contributed by atoms with Crippen LogP contribution in [0.25, 0.3) is 0 Å². The van der Waals surface area contributed by atoms with Crippen LogP contribution in [0.15, 0.2) is 17.6 Å². The fourth-order valence-corrected chi connectivity index (χ4v) is 7.25. The fraction of sp³-hybridized carbons (Fsp3) is 0.759. The summed E-state index contributed by atoms with van der Waals surface area (Å²) >= 11 is 0. The molecule has 1 aromatic heterocycles. The SMILES string of the molecule is CN1CC(F)CNC1C(C(=O)Nc1cncc(F)c1N1CCC(C(=O)N2CCC(N3CCCCC3)CC2)CC1)C(N)N=O. The van der Waals surface area contributed by atoms with E-state index in [1.807, 2.05) is 9.80 Å². The highest BCUT2D eigenvalue weighted by molar-refractivity contribution is 5.96. The molecule has 4 atom stereocenters. The molecule has 4 unspecified atom stereocenters. The predicted molar refractivity (Wildman–Crippen MR) is 159 cm³/mol. The summed E-state index contributed by atoms with van der Waals surface area (Å²) in [5.74, 6) is -2.36. The molecule has 4 N–H and O–H groups in total. The Bertz CT molecular complexity index is 1120. The van der Waals surface area contributed by atoms with Gasteiger partial charge in [-0.05, 0) is 58.7 Å². The summed E-state index contributed by atoms with van der Waals surface area (Å²) in [6, 6.07) is 0.570. The number of aromatic nitrogens is 1. The highest BCUT2D eigenvalue weighted by Gasteiger charge is 2.41. The molecule has 12 nitrogen and oxygen atoms in total. The van der Waals surface area contributed by atoms with Crippen LogP contribution in [0.2, 0.25) is 0 Å². The van der Waals surface area contributed by atoms with E-state index in [0.717, 1.165) is 32.1 Å². The van der Waals surface area contributed by atoms with Crippen molar-refractivity contribution >= 4 is 23.2 Å². The number of hydrogen-bond acceptors (Lipinski definition) is 10. The van der Waals surface area contributed by atoms with Crippen LogP contribution in [0.1, 0.15) is 44.9 Å². The van der Waals surface area contributed by atoms with Crippen LogP contribution in [-0.4, -0.2) is 115 Å². The summed E-state index contributed by atoms with van der Waals surface area (Å²) < 4.78 is 29.1. The van der Waals surface area contributed by atoms with Crippen molar-refractivity contribution in [3.63, 3.8) is 0 Å². The summed E-state index contributed by atoms with van der Waals surface area (Å²) in [7, 11) is 1.62. The number of rotatable bonds is 8. The first-order valence-electron chi connectivity index (χ1n) is 15.6. The third kappa shape index (κ3) is 7.30. The second-order valence-corrected chi connectivity index (χ2v) is 12.4. The van der Waals surface area contributed by atoms with Crippen molar-refractivity contribution < 1.29 is 18.4 Å². The summed E-state index contributed by atoms with van der Waals surface area (Å²) in [5.41, 5.74) is 6.24. The van der Waals surface area contributed by atoms with Crippen molar-refractivity contribution in [2.45, 2.75) is 69.5 Å². The number of nitrogens with one attached hydrogen (secondary N) is 2. The standard InChI is InChI=1S/C29H45F2N9O3/c1-37-18-20(30)15-34-27(37)24(26(32)36-43)28(41)35-23-17-33-16-22(31)25(23)39-11-5-19(6-12-39)29(42)40-13-7-21(8-14-40)38-9-3-2-4-10-38/h16-17,19-21,24,26-27,34H,2-15,18,32H2,1H3,(H,35,41). The Hall–Kier alpha value is -2.81. The van der Waals surface area contributed by atoms with Gasteiger partial charge in [-0.15, -0.1) is 4.91 Å². The van der Waals surface area contributed by atoms with Gasteiger partial charge in [0, 0.05) is 51.2 Å². The molecule has 2 amide bonds. The topological polar surface area (TPSA) is 140 Å². The van der Waals surface area contributed by atoms with Crippen molar-refractivity contribution in [1.29, 1.82) is 0 Å². The van der Waals surface area contributed by atoms with E-state index >= 15 is 4.39 Å². The number of carbonyl (C=O) groups excluding carboxylic acids is 2. The number of alkyl halides is 1. The van der Waals surface area contributed by atoms with E-state index in [1.54, 1.807) is 11.9 Å². The lowest BCUT2D eigenvalue weighted by Gasteiger charge is -2.42. The van der Waals surface area contributed by atoms with Crippen LogP contribution in [0, 0.1) is 22.6 Å². The molecule has 0 radical (unpaired) electrons. The maximum Gasteiger partial charge on any atom is 0.234 e. The molecule has 4 aliphatic rings. The van der Waals surface area contributed by atoms with Gasteiger partial charge in [0.25, 0.3) is 0 Å². The van der Waals surface area contributed by atoms with E-state index in [1.165, 1.54) is 38.5 Å². The normalized spacial score (nSPS) is 26.6. The van der Waals surface area contributed by atoms with E-state index in [9.17, 15) is 18.9 Å². The van der Waals surface area contributed by atoms with Gasteiger partial charge >= 0.3 is 0 Å². The molecule has 1 aromatic rings. The zero-order chi connectivity index (χ0) is 30.5. The van der Waals surface area contributed by atoms with Crippen LogP contribution >= 0.6 is 0 Å². The quantitative estimate of drug-likeness (QED) is 0.378. The summed E-state index contributed by atoms with van der Waals surface area (Å²) in [4.78, 5) is 50.2. The van der Waals surface area contributed by atoms with Crippen LogP contribution in [0.3, 0.4) is 0 Å². The third-order valence-corrected chi connectivity index (χ3v) is 9.62. The minimum Gasteiger partial charge on any atom is -0.367 e. The molecule has 14 heteroatoms. The number of anilines is 2. The van der Waals surface area contributed by atoms with Crippen LogP contribution in [0.4, 0.5) is 20.2 Å². The van der Waals surface area contributed by atoms with Crippen molar-refractivity contribution in [3.8, 4) is 0 Å². The number of piperidine rings is 3. The highest BCUT2D eigenvalue weighted by Crippen LogP contribution is 2.34. The van der Waals surface area contributed by atoms with E-state index < -0.39 is 36.1 Å². The fourth-order valence-electron chi connectivity index (χ4n) is 7.25. The van der Waals surface area contributed by atoms with E-state index in [0.29, 0.717) is 32.0 Å². The average Bonchev–Trinajstić information content (AvgIpc) is 3.02. The molecule has 0 saturated carbocycles. The van der Waals surface area contributed by atoms with Gasteiger partial charge < -0.3 is 25.8 Å². The van der Waals surface area contributed by atoms with Crippen LogP contribution in [0.5, 0.6) is 0 Å². The molecule has 5 rings (SSSR count). The number of halogens is 2. The van der Waals surface area contributed by atoms with Crippen LogP contribution < -0.4 is 21.3 Å². The van der Waals surface area contributed by atoms with Crippen molar-refractivity contribution in [2.24, 2.45) is 22.7 Å². The second-order valence-electron chi connectivity index (χ2n) is 12.4. The van der Waals surface area contributed by atoms with Gasteiger partial charge in [-0.1, -0.05) is 11.6 Å². The first-order valence-corrected chi connectivity index (χ1v) is 15.6. The summed E-state index contributed by atoms with van der Waals surface area (Å²) in [6.45, 7) is 4.84. The summed E-state index contributed by atoms with van der Waals surface area (Å²) in [5, 5.41) is 8.50. The monoisotopic (exact) mass is 605 g/mol. The molecule has 238 valence electrons. The number of nitrogens with zero attached hydrogens (tertiary/aromatic N) is 6. The minimum absolute atomic E-state index is 0.00124. The Morgan fingerprint density at radius 1 is 1.07 bits per heavy atom. The summed E-state index contributed by atoms with van der Waals surface area (Å²) in [6.07, 6.45) is 6.18. The lowest BCUT2D eigenvalue weighted by Crippen LogP contribution is -2.62. The average molecular weight is 606 g/mol. The Balaban J connectivity index is 1.20. The second kappa shape index (κ2) is 14.3. The third-order valence-electron chi connectivity index (χ3n) is 9.62. The molecular formula is C29H45F2N9O3. The van der Waals surface area contributed by atoms with Gasteiger partial charge in [-0.25, -0.2) is 8.78 Å². The number of amides is 2. The molecule has 4 aliphatic heterocycles. The minimum atomic E-state index is -1.41. The molecule has 0 aromatic carbocycles. The van der Waals surface area contributed by atoms with Gasteiger partial charge in [-0.3, -0.25) is 24.8 Å². The number of nitroso groups, excluding NO2 is 1. The zero-order valence-corrected chi connectivity index (χ0v) is 25.0. The zero-order valence-electron chi connectivity index (χ0n) is 25.0. The van der Waals surface area contributed by atoms with E-state index in [2.05, 4.69) is 25.7 Å². The van der Waals surface area contributed by atoms with Gasteiger partial charge in [-0.2, -0.15) is 0 Å². The largest absolute Gasteiger partial charge is 0.367 e. The maximum atomic E-state index is 15.2. The van der Waals surface area contributed by atoms with Crippen molar-refractivity contribution in [2.75, 3.05) is 69.6 Å². The first kappa shape index (κ1) is 31.6. The molecule has 0 bridgehead atoms. The number of likely N-dealkylation sites (tertiary alicyclic amines) is 2. The molecule has 4 fully saturated rings. The Morgan fingerprint density at radius 3 is 2.42 bits per heavy atom. The molecule has 43 heavy (non-hydrogen) atoms. The van der Waals surface area contributed by atoms with Gasteiger partial charge in [0.15, 0.2) is 12.0 Å². The smallest absolute Gasteiger partial charge is 0.234 e. The van der Waals surface area contributed by atoms with Crippen LogP contribution in [-0.2, 0) is 9.59 Å². The Kier molecular flexibility index (Phi) is 10.5.